The van der Waals surface area contributed by atoms with Crippen LogP contribution < -0.4 is 5.32 Å². The Morgan fingerprint density at radius 1 is 1.21 bits per heavy atom. The van der Waals surface area contributed by atoms with Crippen LogP contribution in [0.1, 0.15) is 16.2 Å². The number of ether oxygens (including phenoxy) is 1. The highest BCUT2D eigenvalue weighted by molar-refractivity contribution is 6.33. The molecule has 0 unspecified atom stereocenters. The van der Waals surface area contributed by atoms with E-state index in [1.165, 1.54) is 16.9 Å². The third-order valence-electron chi connectivity index (χ3n) is 3.73. The van der Waals surface area contributed by atoms with E-state index in [2.05, 4.69) is 15.5 Å². The maximum absolute atomic E-state index is 12.2. The molecular formula is C18H14ClN5O5. The minimum Gasteiger partial charge on any atom is -0.451 e. The highest BCUT2D eigenvalue weighted by Crippen LogP contribution is 2.26. The standard InChI is InChI=1S/C18H14ClN5O5/c1-11-17(22-23(21-11)12-5-3-2-4-6-12)18(26)29-10-16(25)20-15-9-13(24(27)28)7-8-14(15)19/h2-9H,10H2,1H3,(H,20,25). The number of benzene rings is 2. The Labute approximate surface area is 169 Å². The summed E-state index contributed by atoms with van der Waals surface area (Å²) in [5.41, 5.74) is 0.756. The summed E-state index contributed by atoms with van der Waals surface area (Å²) in [6.07, 6.45) is 0. The molecule has 29 heavy (non-hydrogen) atoms. The lowest BCUT2D eigenvalue weighted by Gasteiger charge is -2.07. The van der Waals surface area contributed by atoms with Crippen LogP contribution in [0.15, 0.2) is 48.5 Å². The van der Waals surface area contributed by atoms with Gasteiger partial charge >= 0.3 is 5.97 Å². The minimum atomic E-state index is -0.829. The summed E-state index contributed by atoms with van der Waals surface area (Å²) in [4.78, 5) is 35.8. The second kappa shape index (κ2) is 8.48. The van der Waals surface area contributed by atoms with Crippen molar-refractivity contribution in [3.05, 3.63) is 75.1 Å². The SMILES string of the molecule is Cc1nn(-c2ccccc2)nc1C(=O)OCC(=O)Nc1cc([N+](=O)[O-])ccc1Cl. The van der Waals surface area contributed by atoms with E-state index in [0.29, 0.717) is 11.4 Å². The number of nitro benzene ring substituents is 1. The largest absolute Gasteiger partial charge is 0.451 e. The number of amides is 1. The maximum Gasteiger partial charge on any atom is 0.361 e. The summed E-state index contributed by atoms with van der Waals surface area (Å²) in [6, 6.07) is 12.6. The van der Waals surface area contributed by atoms with Crippen LogP contribution in [-0.4, -0.2) is 38.4 Å². The maximum atomic E-state index is 12.2. The Hall–Kier alpha value is -3.79. The average Bonchev–Trinajstić information content (AvgIpc) is 3.10. The molecule has 0 spiro atoms. The van der Waals surface area contributed by atoms with Gasteiger partial charge in [0.2, 0.25) is 0 Å². The van der Waals surface area contributed by atoms with E-state index in [9.17, 15) is 19.7 Å². The smallest absolute Gasteiger partial charge is 0.361 e. The first-order chi connectivity index (χ1) is 13.8. The molecule has 1 aromatic heterocycles. The number of carbonyl (C=O) groups is 2. The summed E-state index contributed by atoms with van der Waals surface area (Å²) in [6.45, 7) is 0.960. The summed E-state index contributed by atoms with van der Waals surface area (Å²) < 4.78 is 4.97. The molecule has 0 atom stereocenters. The molecule has 10 nitrogen and oxygen atoms in total. The number of hydrogen-bond donors (Lipinski definition) is 1. The van der Waals surface area contributed by atoms with Crippen LogP contribution in [0.25, 0.3) is 5.69 Å². The first kappa shape index (κ1) is 20.0. The van der Waals surface area contributed by atoms with Gasteiger partial charge in [-0.05, 0) is 25.1 Å². The number of nitrogens with zero attached hydrogens (tertiary/aromatic N) is 4. The number of aryl methyl sites for hydroxylation is 1. The van der Waals surface area contributed by atoms with Gasteiger partial charge in [-0.15, -0.1) is 5.10 Å². The highest BCUT2D eigenvalue weighted by atomic mass is 35.5. The Bertz CT molecular complexity index is 1080. The van der Waals surface area contributed by atoms with Crippen LogP contribution in [0.4, 0.5) is 11.4 Å². The second-order valence-electron chi connectivity index (χ2n) is 5.80. The van der Waals surface area contributed by atoms with E-state index in [0.717, 1.165) is 6.07 Å². The molecule has 0 bridgehead atoms. The van der Waals surface area contributed by atoms with Gasteiger partial charge in [0.25, 0.3) is 11.6 Å². The molecule has 0 saturated heterocycles. The fourth-order valence-electron chi connectivity index (χ4n) is 2.35. The van der Waals surface area contributed by atoms with Crippen LogP contribution in [0.2, 0.25) is 5.02 Å². The predicted molar refractivity (Wildman–Crippen MR) is 103 cm³/mol. The molecule has 1 N–H and O–H groups in total. The van der Waals surface area contributed by atoms with Crippen molar-refractivity contribution in [3.8, 4) is 5.69 Å². The van der Waals surface area contributed by atoms with Crippen molar-refractivity contribution in [2.24, 2.45) is 0 Å². The number of hydrogen-bond acceptors (Lipinski definition) is 7. The number of esters is 1. The lowest BCUT2D eigenvalue weighted by atomic mass is 10.3. The van der Waals surface area contributed by atoms with Crippen molar-refractivity contribution in [2.45, 2.75) is 6.92 Å². The molecule has 1 heterocycles. The number of halogens is 1. The summed E-state index contributed by atoms with van der Waals surface area (Å²) in [5, 5.41) is 21.5. The van der Waals surface area contributed by atoms with Crippen LogP contribution in [0.5, 0.6) is 0 Å². The van der Waals surface area contributed by atoms with Gasteiger partial charge in [-0.3, -0.25) is 14.9 Å². The highest BCUT2D eigenvalue weighted by Gasteiger charge is 2.19. The van der Waals surface area contributed by atoms with Crippen molar-refractivity contribution in [1.82, 2.24) is 15.0 Å². The van der Waals surface area contributed by atoms with E-state index < -0.39 is 23.4 Å². The van der Waals surface area contributed by atoms with Gasteiger partial charge in [0.1, 0.15) is 0 Å². The Kier molecular flexibility index (Phi) is 5.84. The molecular weight excluding hydrogens is 402 g/mol. The van der Waals surface area contributed by atoms with Gasteiger partial charge in [0.05, 0.1) is 27.0 Å². The van der Waals surface area contributed by atoms with Gasteiger partial charge in [-0.1, -0.05) is 29.8 Å². The molecule has 0 aliphatic rings. The second-order valence-corrected chi connectivity index (χ2v) is 6.21. The number of carbonyl (C=O) groups excluding carboxylic acids is 2. The quantitative estimate of drug-likeness (QED) is 0.372. The third kappa shape index (κ3) is 4.74. The number of para-hydroxylation sites is 1. The van der Waals surface area contributed by atoms with E-state index in [1.54, 1.807) is 31.2 Å². The molecule has 11 heteroatoms. The Morgan fingerprint density at radius 3 is 2.62 bits per heavy atom. The monoisotopic (exact) mass is 415 g/mol. The topological polar surface area (TPSA) is 129 Å². The number of rotatable bonds is 6. The zero-order valence-corrected chi connectivity index (χ0v) is 15.8. The van der Waals surface area contributed by atoms with E-state index >= 15 is 0 Å². The fraction of sp³-hybridized carbons (Fsp3) is 0.111. The molecule has 3 rings (SSSR count). The fourth-order valence-corrected chi connectivity index (χ4v) is 2.52. The first-order valence-electron chi connectivity index (χ1n) is 8.25. The lowest BCUT2D eigenvalue weighted by Crippen LogP contribution is -2.21. The van der Waals surface area contributed by atoms with E-state index in [-0.39, 0.29) is 22.1 Å². The summed E-state index contributed by atoms with van der Waals surface area (Å²) in [7, 11) is 0. The molecule has 0 fully saturated rings. The number of aromatic nitrogens is 3. The van der Waals surface area contributed by atoms with Crippen LogP contribution in [0.3, 0.4) is 0 Å². The first-order valence-corrected chi connectivity index (χ1v) is 8.63. The molecule has 2 aromatic carbocycles. The van der Waals surface area contributed by atoms with Crippen LogP contribution in [-0.2, 0) is 9.53 Å². The number of nitro groups is 1. The van der Waals surface area contributed by atoms with Crippen molar-refractivity contribution in [1.29, 1.82) is 0 Å². The molecule has 148 valence electrons. The molecule has 1 amide bonds. The zero-order chi connectivity index (χ0) is 21.0. The van der Waals surface area contributed by atoms with Crippen molar-refractivity contribution >= 4 is 34.9 Å². The van der Waals surface area contributed by atoms with E-state index in [1.807, 2.05) is 6.07 Å². The Morgan fingerprint density at radius 2 is 1.93 bits per heavy atom. The van der Waals surface area contributed by atoms with E-state index in [4.69, 9.17) is 16.3 Å². The number of anilines is 1. The van der Waals surface area contributed by atoms with Crippen molar-refractivity contribution < 1.29 is 19.2 Å². The predicted octanol–water partition coefficient (Wildman–Crippen LogP) is 2.93. The van der Waals surface area contributed by atoms with Crippen molar-refractivity contribution in [2.75, 3.05) is 11.9 Å². The molecule has 0 aliphatic heterocycles. The van der Waals surface area contributed by atoms with Gasteiger partial charge < -0.3 is 10.1 Å². The summed E-state index contributed by atoms with van der Waals surface area (Å²) >= 11 is 5.92. The third-order valence-corrected chi connectivity index (χ3v) is 4.06. The van der Waals surface area contributed by atoms with Gasteiger partial charge in [-0.25, -0.2) is 4.79 Å². The minimum absolute atomic E-state index is 0.0324. The average molecular weight is 416 g/mol. The zero-order valence-electron chi connectivity index (χ0n) is 15.0. The number of nitrogens with one attached hydrogen (secondary N) is 1. The molecule has 0 radical (unpaired) electrons. The van der Waals surface area contributed by atoms with Crippen molar-refractivity contribution in [3.63, 3.8) is 0 Å². The molecule has 3 aromatic rings. The normalized spacial score (nSPS) is 10.4. The lowest BCUT2D eigenvalue weighted by molar-refractivity contribution is -0.384. The van der Waals surface area contributed by atoms with Gasteiger partial charge in [0.15, 0.2) is 12.3 Å². The number of non-ortho nitro benzene ring substituents is 1. The Balaban J connectivity index is 1.64. The van der Waals surface area contributed by atoms with Crippen LogP contribution >= 0.6 is 11.6 Å². The van der Waals surface area contributed by atoms with Crippen LogP contribution in [0, 0.1) is 17.0 Å². The van der Waals surface area contributed by atoms with Gasteiger partial charge in [0, 0.05) is 12.1 Å². The van der Waals surface area contributed by atoms with Gasteiger partial charge in [-0.2, -0.15) is 9.90 Å². The molecule has 0 saturated carbocycles. The molecule has 0 aliphatic carbocycles. The summed E-state index contributed by atoms with van der Waals surface area (Å²) in [5.74, 6) is -1.54.